The highest BCUT2D eigenvalue weighted by molar-refractivity contribution is 7.80. The molecule has 0 bridgehead atoms. The van der Waals surface area contributed by atoms with Crippen molar-refractivity contribution < 1.29 is 13.2 Å². The van der Waals surface area contributed by atoms with Crippen molar-refractivity contribution in [3.8, 4) is 0 Å². The second kappa shape index (κ2) is 6.04. The van der Waals surface area contributed by atoms with Crippen molar-refractivity contribution in [1.29, 1.82) is 0 Å². The number of hydrogen-bond acceptors (Lipinski definition) is 2. The molecule has 1 aliphatic rings. The molecule has 1 saturated heterocycles. The number of nitrogens with zero attached hydrogens (tertiary/aromatic N) is 1. The Morgan fingerprint density at radius 2 is 1.89 bits per heavy atom. The van der Waals surface area contributed by atoms with Gasteiger partial charge in [-0.05, 0) is 36.5 Å². The predicted molar refractivity (Wildman–Crippen MR) is 72.0 cm³/mol. The summed E-state index contributed by atoms with van der Waals surface area (Å²) in [6.45, 7) is 8.04. The third-order valence-electron chi connectivity index (χ3n) is 3.89. The minimum absolute atomic E-state index is 0.0902. The van der Waals surface area contributed by atoms with Gasteiger partial charge >= 0.3 is 6.18 Å². The van der Waals surface area contributed by atoms with Gasteiger partial charge in [-0.15, -0.1) is 0 Å². The molecule has 108 valence electrons. The lowest BCUT2D eigenvalue weighted by Crippen LogP contribution is -2.45. The molecule has 1 aliphatic heterocycles. The van der Waals surface area contributed by atoms with Crippen LogP contribution in [0, 0.1) is 17.3 Å². The summed E-state index contributed by atoms with van der Waals surface area (Å²) < 4.78 is 38.2. The summed E-state index contributed by atoms with van der Waals surface area (Å²) in [6, 6.07) is 0. The maximum atomic E-state index is 12.7. The van der Waals surface area contributed by atoms with E-state index in [0.29, 0.717) is 12.3 Å². The molecule has 0 aromatic carbocycles. The van der Waals surface area contributed by atoms with Crippen LogP contribution in [0.25, 0.3) is 0 Å². The summed E-state index contributed by atoms with van der Waals surface area (Å²) >= 11 is 4.34. The zero-order valence-electron chi connectivity index (χ0n) is 11.4. The smallest absolute Gasteiger partial charge is 0.302 e. The van der Waals surface area contributed by atoms with Crippen LogP contribution in [0.3, 0.4) is 0 Å². The lowest BCUT2D eigenvalue weighted by Gasteiger charge is -2.39. The lowest BCUT2D eigenvalue weighted by molar-refractivity contribution is -0.187. The van der Waals surface area contributed by atoms with Crippen molar-refractivity contribution >= 4 is 12.6 Å². The fraction of sp³-hybridized carbons (Fsp3) is 1.00. The zero-order valence-corrected chi connectivity index (χ0v) is 12.3. The largest absolute Gasteiger partial charge is 0.393 e. The SMILES string of the molecule is CC(C)(C)C(CS)CN1CCCC(C(F)(F)F)C1. The van der Waals surface area contributed by atoms with Gasteiger partial charge < -0.3 is 4.90 Å². The van der Waals surface area contributed by atoms with E-state index in [1.165, 1.54) is 0 Å². The summed E-state index contributed by atoms with van der Waals surface area (Å²) in [5.41, 5.74) is 0.0902. The van der Waals surface area contributed by atoms with Gasteiger partial charge in [0.2, 0.25) is 0 Å². The van der Waals surface area contributed by atoms with E-state index in [4.69, 9.17) is 0 Å². The molecule has 0 aromatic heterocycles. The first-order valence-electron chi connectivity index (χ1n) is 6.54. The highest BCUT2D eigenvalue weighted by atomic mass is 32.1. The molecular weight excluding hydrogens is 259 g/mol. The maximum Gasteiger partial charge on any atom is 0.393 e. The summed E-state index contributed by atoms with van der Waals surface area (Å²) in [7, 11) is 0. The molecule has 0 aliphatic carbocycles. The summed E-state index contributed by atoms with van der Waals surface area (Å²) in [5.74, 6) is -0.101. The third kappa shape index (κ3) is 4.65. The second-order valence-corrected chi connectivity index (χ2v) is 6.75. The first kappa shape index (κ1) is 16.2. The standard InChI is InChI=1S/C13H24F3NS/c1-12(2,3)11(9-18)8-17-6-4-5-10(7-17)13(14,15)16/h10-11,18H,4-9H2,1-3H3. The molecule has 5 heteroatoms. The van der Waals surface area contributed by atoms with Gasteiger partial charge in [-0.2, -0.15) is 25.8 Å². The van der Waals surface area contributed by atoms with Gasteiger partial charge in [0.1, 0.15) is 0 Å². The van der Waals surface area contributed by atoms with Crippen molar-refractivity contribution in [2.45, 2.75) is 39.8 Å². The number of hydrogen-bond donors (Lipinski definition) is 1. The fourth-order valence-corrected chi connectivity index (χ4v) is 3.07. The summed E-state index contributed by atoms with van der Waals surface area (Å²) in [6.07, 6.45) is -3.12. The number of halogens is 3. The minimum Gasteiger partial charge on any atom is -0.302 e. The molecule has 2 unspecified atom stereocenters. The number of rotatable bonds is 3. The Labute approximate surface area is 114 Å². The highest BCUT2D eigenvalue weighted by Crippen LogP contribution is 2.34. The van der Waals surface area contributed by atoms with E-state index in [1.807, 2.05) is 4.90 Å². The van der Waals surface area contributed by atoms with Crippen LogP contribution in [-0.4, -0.2) is 36.5 Å². The second-order valence-electron chi connectivity index (χ2n) is 6.39. The Morgan fingerprint density at radius 1 is 1.28 bits per heavy atom. The molecule has 0 saturated carbocycles. The number of piperidine rings is 1. The molecule has 0 radical (unpaired) electrons. The van der Waals surface area contributed by atoms with Crippen LogP contribution < -0.4 is 0 Å². The van der Waals surface area contributed by atoms with E-state index in [-0.39, 0.29) is 18.4 Å². The Hall–Kier alpha value is 0.100. The van der Waals surface area contributed by atoms with Crippen LogP contribution in [0.4, 0.5) is 13.2 Å². The van der Waals surface area contributed by atoms with Crippen molar-refractivity contribution in [3.63, 3.8) is 0 Å². The number of likely N-dealkylation sites (tertiary alicyclic amines) is 1. The van der Waals surface area contributed by atoms with E-state index in [0.717, 1.165) is 18.8 Å². The van der Waals surface area contributed by atoms with Crippen molar-refractivity contribution in [2.24, 2.45) is 17.3 Å². The van der Waals surface area contributed by atoms with E-state index in [9.17, 15) is 13.2 Å². The maximum absolute atomic E-state index is 12.7. The van der Waals surface area contributed by atoms with Gasteiger partial charge in [0.15, 0.2) is 0 Å². The van der Waals surface area contributed by atoms with Crippen molar-refractivity contribution in [3.05, 3.63) is 0 Å². The van der Waals surface area contributed by atoms with E-state index < -0.39 is 12.1 Å². The fourth-order valence-electron chi connectivity index (χ4n) is 2.41. The topological polar surface area (TPSA) is 3.24 Å². The minimum atomic E-state index is -4.04. The highest BCUT2D eigenvalue weighted by Gasteiger charge is 2.42. The van der Waals surface area contributed by atoms with Crippen molar-refractivity contribution in [1.82, 2.24) is 4.90 Å². The van der Waals surface area contributed by atoms with E-state index in [2.05, 4.69) is 33.4 Å². The van der Waals surface area contributed by atoms with Crippen LogP contribution >= 0.6 is 12.6 Å². The molecule has 1 fully saturated rings. The molecule has 0 amide bonds. The zero-order chi connectivity index (χ0) is 14.0. The third-order valence-corrected chi connectivity index (χ3v) is 4.33. The first-order chi connectivity index (χ1) is 8.14. The van der Waals surface area contributed by atoms with Crippen LogP contribution in [0.15, 0.2) is 0 Å². The Balaban J connectivity index is 2.57. The average Bonchev–Trinajstić information content (AvgIpc) is 2.23. The lowest BCUT2D eigenvalue weighted by atomic mass is 9.81. The van der Waals surface area contributed by atoms with Gasteiger partial charge in [-0.25, -0.2) is 0 Å². The normalized spacial score (nSPS) is 25.2. The quantitative estimate of drug-likeness (QED) is 0.770. The predicted octanol–water partition coefficient (Wildman–Crippen LogP) is 3.85. The Kier molecular flexibility index (Phi) is 5.42. The van der Waals surface area contributed by atoms with Gasteiger partial charge in [-0.3, -0.25) is 0 Å². The molecule has 0 N–H and O–H groups in total. The molecule has 0 spiro atoms. The Morgan fingerprint density at radius 3 is 2.33 bits per heavy atom. The van der Waals surface area contributed by atoms with Gasteiger partial charge in [0.25, 0.3) is 0 Å². The van der Waals surface area contributed by atoms with E-state index >= 15 is 0 Å². The molecule has 1 nitrogen and oxygen atoms in total. The van der Waals surface area contributed by atoms with Gasteiger partial charge in [-0.1, -0.05) is 20.8 Å². The van der Waals surface area contributed by atoms with Crippen LogP contribution in [-0.2, 0) is 0 Å². The van der Waals surface area contributed by atoms with Crippen LogP contribution in [0.5, 0.6) is 0 Å². The number of alkyl halides is 3. The molecule has 18 heavy (non-hydrogen) atoms. The first-order valence-corrected chi connectivity index (χ1v) is 7.17. The van der Waals surface area contributed by atoms with Crippen LogP contribution in [0.1, 0.15) is 33.6 Å². The number of thiol groups is 1. The molecule has 1 heterocycles. The molecule has 1 rings (SSSR count). The Bertz CT molecular complexity index is 260. The van der Waals surface area contributed by atoms with Gasteiger partial charge in [0, 0.05) is 13.1 Å². The summed E-state index contributed by atoms with van der Waals surface area (Å²) in [4.78, 5) is 1.97. The molecule has 0 aromatic rings. The van der Waals surface area contributed by atoms with Crippen molar-refractivity contribution in [2.75, 3.05) is 25.4 Å². The van der Waals surface area contributed by atoms with Crippen LogP contribution in [0.2, 0.25) is 0 Å². The van der Waals surface area contributed by atoms with Gasteiger partial charge in [0.05, 0.1) is 5.92 Å². The molecule has 2 atom stereocenters. The molecular formula is C13H24F3NS. The van der Waals surface area contributed by atoms with E-state index in [1.54, 1.807) is 0 Å². The monoisotopic (exact) mass is 283 g/mol. The average molecular weight is 283 g/mol. The summed E-state index contributed by atoms with van der Waals surface area (Å²) in [5, 5.41) is 0.